The number of tetrazole rings is 1. The molecular formula is C22H28N6. The normalized spacial score (nSPS) is 16.1. The van der Waals surface area contributed by atoms with Crippen LogP contribution < -0.4 is 4.90 Å². The van der Waals surface area contributed by atoms with Crippen LogP contribution >= 0.6 is 0 Å². The van der Waals surface area contributed by atoms with Crippen LogP contribution in [0.5, 0.6) is 0 Å². The van der Waals surface area contributed by atoms with Gasteiger partial charge in [0, 0.05) is 19.8 Å². The summed E-state index contributed by atoms with van der Waals surface area (Å²) in [5.41, 5.74) is 4.63. The minimum absolute atomic E-state index is 0.0482. The van der Waals surface area contributed by atoms with Crippen molar-refractivity contribution in [3.05, 3.63) is 65.5 Å². The number of hydrogen-bond acceptors (Lipinski definition) is 5. The molecule has 3 aromatic rings. The van der Waals surface area contributed by atoms with Gasteiger partial charge in [-0.3, -0.25) is 4.90 Å². The van der Waals surface area contributed by atoms with E-state index in [-0.39, 0.29) is 6.04 Å². The van der Waals surface area contributed by atoms with Crippen molar-refractivity contribution in [1.29, 1.82) is 0 Å². The fourth-order valence-corrected chi connectivity index (χ4v) is 3.96. The standard InChI is InChI=1S/C22H28N6/c1-17-8-7-9-20(16-17)28-22(23-24-25-28)21(27-14-5-4-6-15-27)18-10-12-19(13-11-18)26(2)3/h7-13,16,21H,4-6,14-15H2,1-3H3. The minimum Gasteiger partial charge on any atom is -0.378 e. The molecule has 2 heterocycles. The van der Waals surface area contributed by atoms with Gasteiger partial charge in [0.1, 0.15) is 0 Å². The Hall–Kier alpha value is -2.73. The van der Waals surface area contributed by atoms with Crippen molar-refractivity contribution in [1.82, 2.24) is 25.1 Å². The maximum atomic E-state index is 4.48. The topological polar surface area (TPSA) is 50.1 Å². The molecule has 6 nitrogen and oxygen atoms in total. The number of piperidine rings is 1. The number of hydrogen-bond donors (Lipinski definition) is 0. The van der Waals surface area contributed by atoms with E-state index < -0.39 is 0 Å². The van der Waals surface area contributed by atoms with Gasteiger partial charge in [-0.15, -0.1) is 5.10 Å². The maximum Gasteiger partial charge on any atom is 0.178 e. The Kier molecular flexibility index (Phi) is 5.39. The van der Waals surface area contributed by atoms with Crippen molar-refractivity contribution in [2.24, 2.45) is 0 Å². The van der Waals surface area contributed by atoms with Crippen molar-refractivity contribution in [3.63, 3.8) is 0 Å². The molecule has 0 N–H and O–H groups in total. The van der Waals surface area contributed by atoms with Crippen LogP contribution in [0.25, 0.3) is 5.69 Å². The molecule has 1 aliphatic rings. The lowest BCUT2D eigenvalue weighted by Crippen LogP contribution is -2.36. The van der Waals surface area contributed by atoms with E-state index in [9.17, 15) is 0 Å². The van der Waals surface area contributed by atoms with E-state index in [4.69, 9.17) is 0 Å². The second-order valence-corrected chi connectivity index (χ2v) is 7.77. The minimum atomic E-state index is 0.0482. The molecule has 0 amide bonds. The molecule has 2 aromatic carbocycles. The summed E-state index contributed by atoms with van der Waals surface area (Å²) < 4.78 is 1.89. The lowest BCUT2D eigenvalue weighted by atomic mass is 10.0. The summed E-state index contributed by atoms with van der Waals surface area (Å²) in [4.78, 5) is 4.64. The van der Waals surface area contributed by atoms with Crippen molar-refractivity contribution in [2.75, 3.05) is 32.1 Å². The van der Waals surface area contributed by atoms with Crippen LogP contribution in [0.2, 0.25) is 0 Å². The molecule has 0 saturated carbocycles. The van der Waals surface area contributed by atoms with Crippen LogP contribution in [0.3, 0.4) is 0 Å². The second-order valence-electron chi connectivity index (χ2n) is 7.77. The first-order chi connectivity index (χ1) is 13.6. The van der Waals surface area contributed by atoms with Gasteiger partial charge in [0.2, 0.25) is 0 Å². The van der Waals surface area contributed by atoms with Gasteiger partial charge >= 0.3 is 0 Å². The van der Waals surface area contributed by atoms with Gasteiger partial charge in [-0.25, -0.2) is 0 Å². The number of nitrogens with zero attached hydrogens (tertiary/aromatic N) is 6. The summed E-state index contributed by atoms with van der Waals surface area (Å²) in [6, 6.07) is 17.2. The molecule has 28 heavy (non-hydrogen) atoms. The Morgan fingerprint density at radius 3 is 2.39 bits per heavy atom. The van der Waals surface area contributed by atoms with Crippen LogP contribution in [0.15, 0.2) is 48.5 Å². The van der Waals surface area contributed by atoms with Gasteiger partial charge in [0.05, 0.1) is 11.7 Å². The molecule has 0 aliphatic carbocycles. The molecule has 1 aliphatic heterocycles. The van der Waals surface area contributed by atoms with Crippen molar-refractivity contribution < 1.29 is 0 Å². The van der Waals surface area contributed by atoms with Crippen LogP contribution in [0, 0.1) is 6.92 Å². The van der Waals surface area contributed by atoms with Gasteiger partial charge in [0.15, 0.2) is 5.82 Å². The van der Waals surface area contributed by atoms with E-state index in [1.807, 2.05) is 4.68 Å². The molecule has 1 atom stereocenters. The van der Waals surface area contributed by atoms with E-state index in [0.717, 1.165) is 24.6 Å². The SMILES string of the molecule is Cc1cccc(-n2nnnc2C(c2ccc(N(C)C)cc2)N2CCCCC2)c1. The lowest BCUT2D eigenvalue weighted by molar-refractivity contribution is 0.179. The third-order valence-electron chi connectivity index (χ3n) is 5.47. The van der Waals surface area contributed by atoms with Crippen LogP contribution in [0.1, 0.15) is 42.3 Å². The molecule has 1 aromatic heterocycles. The molecule has 1 unspecified atom stereocenters. The summed E-state index contributed by atoms with van der Waals surface area (Å²) in [5.74, 6) is 0.880. The molecule has 6 heteroatoms. The number of aryl methyl sites for hydroxylation is 1. The Labute approximate surface area is 166 Å². The molecule has 0 spiro atoms. The van der Waals surface area contributed by atoms with Crippen molar-refractivity contribution >= 4 is 5.69 Å². The second kappa shape index (κ2) is 8.10. The van der Waals surface area contributed by atoms with Crippen molar-refractivity contribution in [3.8, 4) is 5.69 Å². The van der Waals surface area contributed by atoms with E-state index in [2.05, 4.69) is 94.9 Å². The van der Waals surface area contributed by atoms with Gasteiger partial charge in [-0.05, 0) is 78.7 Å². The van der Waals surface area contributed by atoms with Crippen LogP contribution in [-0.4, -0.2) is 52.3 Å². The molecule has 4 rings (SSSR count). The highest BCUT2D eigenvalue weighted by molar-refractivity contribution is 5.47. The van der Waals surface area contributed by atoms with E-state index in [1.54, 1.807) is 0 Å². The summed E-state index contributed by atoms with van der Waals surface area (Å²) in [5, 5.41) is 12.9. The van der Waals surface area contributed by atoms with Crippen LogP contribution in [-0.2, 0) is 0 Å². The summed E-state index contributed by atoms with van der Waals surface area (Å²) in [6.45, 7) is 4.23. The largest absolute Gasteiger partial charge is 0.378 e. The maximum absolute atomic E-state index is 4.48. The number of anilines is 1. The lowest BCUT2D eigenvalue weighted by Gasteiger charge is -2.34. The highest BCUT2D eigenvalue weighted by Crippen LogP contribution is 2.31. The fraction of sp³-hybridized carbons (Fsp3) is 0.409. The summed E-state index contributed by atoms with van der Waals surface area (Å²) in [6.07, 6.45) is 3.74. The van der Waals surface area contributed by atoms with E-state index in [1.165, 1.54) is 36.1 Å². The summed E-state index contributed by atoms with van der Waals surface area (Å²) in [7, 11) is 4.13. The first-order valence-corrected chi connectivity index (χ1v) is 10.00. The molecule has 0 bridgehead atoms. The number of aromatic nitrogens is 4. The first-order valence-electron chi connectivity index (χ1n) is 10.00. The predicted octanol–water partition coefficient (Wildman–Crippen LogP) is 3.61. The van der Waals surface area contributed by atoms with Gasteiger partial charge in [-0.2, -0.15) is 4.68 Å². The molecular weight excluding hydrogens is 348 g/mol. The molecule has 0 radical (unpaired) electrons. The zero-order valence-corrected chi connectivity index (χ0v) is 16.9. The van der Waals surface area contributed by atoms with Gasteiger partial charge < -0.3 is 4.90 Å². The van der Waals surface area contributed by atoms with Crippen LogP contribution in [0.4, 0.5) is 5.69 Å². The van der Waals surface area contributed by atoms with Gasteiger partial charge in [0.25, 0.3) is 0 Å². The third-order valence-corrected chi connectivity index (χ3v) is 5.47. The zero-order chi connectivity index (χ0) is 19.5. The van der Waals surface area contributed by atoms with Crippen molar-refractivity contribution in [2.45, 2.75) is 32.2 Å². The van der Waals surface area contributed by atoms with Gasteiger partial charge in [-0.1, -0.05) is 30.7 Å². The number of likely N-dealkylation sites (tertiary alicyclic amines) is 1. The number of rotatable bonds is 5. The molecule has 146 valence electrons. The molecule has 1 saturated heterocycles. The smallest absolute Gasteiger partial charge is 0.178 e. The Bertz CT molecular complexity index is 909. The molecule has 1 fully saturated rings. The monoisotopic (exact) mass is 376 g/mol. The Morgan fingerprint density at radius 1 is 0.964 bits per heavy atom. The average Bonchev–Trinajstić information content (AvgIpc) is 3.19. The summed E-state index contributed by atoms with van der Waals surface area (Å²) >= 11 is 0. The third kappa shape index (κ3) is 3.78. The Morgan fingerprint density at radius 2 is 1.71 bits per heavy atom. The van der Waals surface area contributed by atoms with E-state index in [0.29, 0.717) is 0 Å². The quantitative estimate of drug-likeness (QED) is 0.681. The predicted molar refractivity (Wildman–Crippen MR) is 112 cm³/mol. The average molecular weight is 377 g/mol. The highest BCUT2D eigenvalue weighted by Gasteiger charge is 2.29. The Balaban J connectivity index is 1.77. The number of benzene rings is 2. The highest BCUT2D eigenvalue weighted by atomic mass is 15.6. The zero-order valence-electron chi connectivity index (χ0n) is 16.9. The van der Waals surface area contributed by atoms with E-state index >= 15 is 0 Å². The first kappa shape index (κ1) is 18.6. The fourth-order valence-electron chi connectivity index (χ4n) is 3.96.